The van der Waals surface area contributed by atoms with E-state index in [9.17, 15) is 9.59 Å². The molecule has 0 aromatic heterocycles. The molecular formula is C8H15NO3S. The van der Waals surface area contributed by atoms with Crippen LogP contribution < -0.4 is 5.32 Å². The van der Waals surface area contributed by atoms with Gasteiger partial charge >= 0.3 is 5.97 Å². The lowest BCUT2D eigenvalue weighted by Crippen LogP contribution is -2.35. The molecular weight excluding hydrogens is 190 g/mol. The normalized spacial score (nSPS) is 12.2. The van der Waals surface area contributed by atoms with Crippen molar-refractivity contribution in [2.45, 2.75) is 25.8 Å². The number of hydrogen-bond donors (Lipinski definition) is 2. The van der Waals surface area contributed by atoms with Gasteiger partial charge in [-0.3, -0.25) is 9.59 Å². The number of hydrogen-bond acceptors (Lipinski definition) is 3. The second-order valence-electron chi connectivity index (χ2n) is 2.78. The van der Waals surface area contributed by atoms with Gasteiger partial charge in [0.05, 0.1) is 6.42 Å². The zero-order valence-corrected chi connectivity index (χ0v) is 8.69. The van der Waals surface area contributed by atoms with Gasteiger partial charge in [-0.1, -0.05) is 0 Å². The van der Waals surface area contributed by atoms with E-state index in [0.29, 0.717) is 6.42 Å². The van der Waals surface area contributed by atoms with Gasteiger partial charge in [0.25, 0.3) is 0 Å². The quantitative estimate of drug-likeness (QED) is 0.670. The summed E-state index contributed by atoms with van der Waals surface area (Å²) in [5.41, 5.74) is 0. The summed E-state index contributed by atoms with van der Waals surface area (Å²) in [6.07, 6.45) is 2.65. The molecule has 4 nitrogen and oxygen atoms in total. The smallest absolute Gasteiger partial charge is 0.305 e. The molecule has 2 N–H and O–H groups in total. The van der Waals surface area contributed by atoms with Crippen molar-refractivity contribution < 1.29 is 14.7 Å². The van der Waals surface area contributed by atoms with Gasteiger partial charge in [-0.2, -0.15) is 11.8 Å². The highest BCUT2D eigenvalue weighted by Gasteiger charge is 2.13. The van der Waals surface area contributed by atoms with Crippen LogP contribution in [-0.2, 0) is 9.59 Å². The molecule has 0 aliphatic rings. The fraction of sp³-hybridized carbons (Fsp3) is 0.750. The molecule has 0 spiro atoms. The van der Waals surface area contributed by atoms with Crippen LogP contribution >= 0.6 is 11.8 Å². The zero-order valence-electron chi connectivity index (χ0n) is 7.87. The van der Waals surface area contributed by atoms with E-state index in [-0.39, 0.29) is 18.4 Å². The second kappa shape index (κ2) is 6.77. The van der Waals surface area contributed by atoms with Crippen LogP contribution in [0.15, 0.2) is 0 Å². The Kier molecular flexibility index (Phi) is 6.40. The van der Waals surface area contributed by atoms with E-state index < -0.39 is 5.97 Å². The summed E-state index contributed by atoms with van der Waals surface area (Å²) in [5.74, 6) is -0.190. The number of amides is 1. The van der Waals surface area contributed by atoms with Crippen molar-refractivity contribution in [3.63, 3.8) is 0 Å². The van der Waals surface area contributed by atoms with Gasteiger partial charge < -0.3 is 10.4 Å². The number of carbonyl (C=O) groups excluding carboxylic acids is 1. The highest BCUT2D eigenvalue weighted by Crippen LogP contribution is 2.04. The number of rotatable bonds is 6. The van der Waals surface area contributed by atoms with E-state index in [4.69, 9.17) is 5.11 Å². The van der Waals surface area contributed by atoms with E-state index in [1.807, 2.05) is 6.26 Å². The standard InChI is InChI=1S/C8H15NO3S/c1-6(10)9-7(3-4-13-2)5-8(11)12/h7H,3-5H2,1-2H3,(H,9,10)(H,11,12)/t7-/m0/s1. The summed E-state index contributed by atoms with van der Waals surface area (Å²) in [5, 5.41) is 11.2. The van der Waals surface area contributed by atoms with Gasteiger partial charge in [0.15, 0.2) is 0 Å². The first kappa shape index (κ1) is 12.3. The van der Waals surface area contributed by atoms with Gasteiger partial charge in [0, 0.05) is 13.0 Å². The maximum absolute atomic E-state index is 10.7. The molecule has 0 radical (unpaired) electrons. The minimum atomic E-state index is -0.875. The Hall–Kier alpha value is -0.710. The zero-order chi connectivity index (χ0) is 10.3. The van der Waals surface area contributed by atoms with E-state index in [0.717, 1.165) is 5.75 Å². The highest BCUT2D eigenvalue weighted by molar-refractivity contribution is 7.98. The van der Waals surface area contributed by atoms with Crippen LogP contribution in [0.3, 0.4) is 0 Å². The molecule has 0 saturated heterocycles. The molecule has 1 amide bonds. The van der Waals surface area contributed by atoms with E-state index in [1.54, 1.807) is 11.8 Å². The van der Waals surface area contributed by atoms with Crippen LogP contribution in [-0.4, -0.2) is 35.0 Å². The summed E-state index contributed by atoms with van der Waals surface area (Å²) >= 11 is 1.64. The van der Waals surface area contributed by atoms with Crippen LogP contribution in [0.5, 0.6) is 0 Å². The Labute approximate surface area is 82.1 Å². The molecule has 0 aromatic rings. The van der Waals surface area contributed by atoms with Gasteiger partial charge in [0.1, 0.15) is 0 Å². The Morgan fingerprint density at radius 1 is 1.54 bits per heavy atom. The first-order chi connectivity index (χ1) is 6.06. The Morgan fingerprint density at radius 2 is 2.15 bits per heavy atom. The van der Waals surface area contributed by atoms with Crippen molar-refractivity contribution in [2.75, 3.05) is 12.0 Å². The average Bonchev–Trinajstić information content (AvgIpc) is 1.98. The van der Waals surface area contributed by atoms with Crippen molar-refractivity contribution in [3.05, 3.63) is 0 Å². The lowest BCUT2D eigenvalue weighted by Gasteiger charge is -2.14. The molecule has 0 bridgehead atoms. The Morgan fingerprint density at radius 3 is 2.54 bits per heavy atom. The van der Waals surface area contributed by atoms with Crippen LogP contribution in [0.1, 0.15) is 19.8 Å². The van der Waals surface area contributed by atoms with E-state index in [1.165, 1.54) is 6.92 Å². The lowest BCUT2D eigenvalue weighted by atomic mass is 10.1. The summed E-state index contributed by atoms with van der Waals surface area (Å²) < 4.78 is 0. The van der Waals surface area contributed by atoms with Gasteiger partial charge in [-0.05, 0) is 18.4 Å². The van der Waals surface area contributed by atoms with Crippen LogP contribution in [0, 0.1) is 0 Å². The summed E-state index contributed by atoms with van der Waals surface area (Å²) in [6, 6.07) is -0.234. The van der Waals surface area contributed by atoms with Crippen molar-refractivity contribution in [2.24, 2.45) is 0 Å². The summed E-state index contributed by atoms with van der Waals surface area (Å²) in [6.45, 7) is 1.40. The highest BCUT2D eigenvalue weighted by atomic mass is 32.2. The third-order valence-corrected chi connectivity index (χ3v) is 2.14. The van der Waals surface area contributed by atoms with Crippen LogP contribution in [0.4, 0.5) is 0 Å². The predicted molar refractivity (Wildman–Crippen MR) is 52.9 cm³/mol. The predicted octanol–water partition coefficient (Wildman–Crippen LogP) is 0.719. The van der Waals surface area contributed by atoms with Gasteiger partial charge in [-0.15, -0.1) is 0 Å². The average molecular weight is 205 g/mol. The third-order valence-electron chi connectivity index (χ3n) is 1.50. The molecule has 0 heterocycles. The number of aliphatic carboxylic acids is 1. The molecule has 0 rings (SSSR count). The maximum atomic E-state index is 10.7. The third kappa shape index (κ3) is 7.64. The van der Waals surface area contributed by atoms with Crippen molar-refractivity contribution in [1.82, 2.24) is 5.32 Å². The van der Waals surface area contributed by atoms with E-state index in [2.05, 4.69) is 5.32 Å². The van der Waals surface area contributed by atoms with E-state index >= 15 is 0 Å². The minimum Gasteiger partial charge on any atom is -0.481 e. The summed E-state index contributed by atoms with van der Waals surface area (Å²) in [7, 11) is 0. The van der Waals surface area contributed by atoms with Crippen molar-refractivity contribution in [3.8, 4) is 0 Å². The van der Waals surface area contributed by atoms with Gasteiger partial charge in [-0.25, -0.2) is 0 Å². The van der Waals surface area contributed by atoms with Gasteiger partial charge in [0.2, 0.25) is 5.91 Å². The van der Waals surface area contributed by atoms with Crippen LogP contribution in [0.25, 0.3) is 0 Å². The second-order valence-corrected chi connectivity index (χ2v) is 3.76. The molecule has 1 atom stereocenters. The molecule has 0 aromatic carbocycles. The number of carboxylic acids is 1. The first-order valence-electron chi connectivity index (χ1n) is 4.04. The minimum absolute atomic E-state index is 0.000139. The fourth-order valence-corrected chi connectivity index (χ4v) is 1.50. The largest absolute Gasteiger partial charge is 0.481 e. The summed E-state index contributed by atoms with van der Waals surface area (Å²) in [4.78, 5) is 21.1. The first-order valence-corrected chi connectivity index (χ1v) is 5.43. The molecule has 0 unspecified atom stereocenters. The SMILES string of the molecule is CSCC[C@@H](CC(=O)O)NC(C)=O. The van der Waals surface area contributed by atoms with Crippen molar-refractivity contribution >= 4 is 23.6 Å². The topological polar surface area (TPSA) is 66.4 Å². The number of carboxylic acid groups (broad SMARTS) is 1. The fourth-order valence-electron chi connectivity index (χ4n) is 0.984. The Bertz CT molecular complexity index is 168. The monoisotopic (exact) mass is 205 g/mol. The maximum Gasteiger partial charge on any atom is 0.305 e. The molecule has 0 aliphatic heterocycles. The molecule has 0 aliphatic carbocycles. The lowest BCUT2D eigenvalue weighted by molar-refractivity contribution is -0.137. The Balaban J connectivity index is 3.87. The molecule has 0 fully saturated rings. The molecule has 13 heavy (non-hydrogen) atoms. The van der Waals surface area contributed by atoms with Crippen molar-refractivity contribution in [1.29, 1.82) is 0 Å². The van der Waals surface area contributed by atoms with Crippen LogP contribution in [0.2, 0.25) is 0 Å². The molecule has 76 valence electrons. The number of nitrogens with one attached hydrogen (secondary N) is 1. The molecule has 0 saturated carbocycles. The number of thioether (sulfide) groups is 1. The molecule has 5 heteroatoms. The number of carbonyl (C=O) groups is 2.